The van der Waals surface area contributed by atoms with E-state index >= 15 is 0 Å². The average Bonchev–Trinajstić information content (AvgIpc) is 2.45. The number of carboxylic acid groups (broad SMARTS) is 3. The van der Waals surface area contributed by atoms with Crippen molar-refractivity contribution >= 4 is 42.4 Å². The third-order valence-corrected chi connectivity index (χ3v) is 2.38. The number of carboxylic acids is 3. The van der Waals surface area contributed by atoms with E-state index in [0.717, 1.165) is 0 Å². The zero-order valence-corrected chi connectivity index (χ0v) is 14.0. The number of carbonyl (C=O) groups excluding carboxylic acids is 2. The second-order valence-corrected chi connectivity index (χ2v) is 4.72. The van der Waals surface area contributed by atoms with Crippen molar-refractivity contribution in [1.29, 1.82) is 0 Å². The van der Waals surface area contributed by atoms with Crippen molar-refractivity contribution in [3.8, 4) is 0 Å². The summed E-state index contributed by atoms with van der Waals surface area (Å²) in [6.45, 7) is 0. The van der Waals surface area contributed by atoms with Gasteiger partial charge in [0.05, 0.1) is 12.8 Å². The second-order valence-electron chi connectivity index (χ2n) is 4.36. The lowest BCUT2D eigenvalue weighted by Crippen LogP contribution is -2.34. The number of amides is 2. The highest BCUT2D eigenvalue weighted by Gasteiger charge is 2.13. The lowest BCUT2D eigenvalue weighted by Gasteiger charge is -1.99. The molecule has 0 aromatic carbocycles. The van der Waals surface area contributed by atoms with Crippen LogP contribution in [0.1, 0.15) is 12.8 Å². The zero-order chi connectivity index (χ0) is 20.7. The summed E-state index contributed by atoms with van der Waals surface area (Å²) in [6.07, 6.45) is -0.620. The number of thiol groups is 1. The van der Waals surface area contributed by atoms with Crippen molar-refractivity contribution in [2.45, 2.75) is 31.0 Å². The van der Waals surface area contributed by atoms with Crippen molar-refractivity contribution in [3.05, 3.63) is 0 Å². The molecule has 0 aliphatic rings. The van der Waals surface area contributed by atoms with Gasteiger partial charge in [0.1, 0.15) is 18.1 Å². The van der Waals surface area contributed by atoms with Gasteiger partial charge < -0.3 is 44.0 Å². The fourth-order valence-corrected chi connectivity index (χ4v) is 0.842. The molecule has 0 saturated heterocycles. The summed E-state index contributed by atoms with van der Waals surface area (Å²) >= 11 is 3.65. The van der Waals surface area contributed by atoms with Gasteiger partial charge >= 0.3 is 17.9 Å². The van der Waals surface area contributed by atoms with Gasteiger partial charge in [-0.25, -0.2) is 0 Å². The van der Waals surface area contributed by atoms with E-state index in [2.05, 4.69) is 24.1 Å². The normalized spacial score (nSPS) is 12.8. The van der Waals surface area contributed by atoms with E-state index in [1.54, 1.807) is 0 Å². The number of hydrogen-bond acceptors (Lipinski definition) is 9. The Bertz CT molecular complexity index is 443. The maximum atomic E-state index is 9.99. The Morgan fingerprint density at radius 2 is 0.920 bits per heavy atom. The van der Waals surface area contributed by atoms with Gasteiger partial charge in [0.2, 0.25) is 11.8 Å². The van der Waals surface area contributed by atoms with Crippen molar-refractivity contribution in [2.75, 3.05) is 5.75 Å². The van der Waals surface area contributed by atoms with E-state index in [0.29, 0.717) is 0 Å². The molecule has 0 aliphatic carbocycles. The molecule has 0 saturated carbocycles. The van der Waals surface area contributed by atoms with Crippen LogP contribution in [0.2, 0.25) is 0 Å². The van der Waals surface area contributed by atoms with E-state index in [4.69, 9.17) is 32.5 Å². The number of aliphatic carboxylic acids is 3. The summed E-state index contributed by atoms with van der Waals surface area (Å²) in [5.41, 5.74) is 24.1. The lowest BCUT2D eigenvalue weighted by atomic mass is 10.2. The molecular weight excluding hydrogens is 362 g/mol. The van der Waals surface area contributed by atoms with E-state index in [1.165, 1.54) is 0 Å². The molecule has 0 spiro atoms. The molecule has 146 valence electrons. The minimum Gasteiger partial charge on any atom is -0.480 e. The third-order valence-electron chi connectivity index (χ3n) is 1.99. The zero-order valence-electron chi connectivity index (χ0n) is 13.1. The number of hydrogen-bond donors (Lipinski definition) is 9. The van der Waals surface area contributed by atoms with Crippen LogP contribution in [0.25, 0.3) is 0 Å². The first-order valence-electron chi connectivity index (χ1n) is 6.38. The van der Waals surface area contributed by atoms with Crippen LogP contribution < -0.4 is 28.7 Å². The Hall–Kier alpha value is -2.42. The van der Waals surface area contributed by atoms with Crippen LogP contribution in [0.3, 0.4) is 0 Å². The summed E-state index contributed by atoms with van der Waals surface area (Å²) < 4.78 is 0. The number of rotatable bonds is 8. The maximum Gasteiger partial charge on any atom is 0.321 e. The summed E-state index contributed by atoms with van der Waals surface area (Å²) in [4.78, 5) is 49.5. The first kappa shape index (κ1) is 27.4. The van der Waals surface area contributed by atoms with Gasteiger partial charge in [0, 0.05) is 5.75 Å². The average molecular weight is 385 g/mol. The fraction of sp³-hybridized carbons (Fsp3) is 0.545. The van der Waals surface area contributed by atoms with E-state index in [-0.39, 0.29) is 18.6 Å². The summed E-state index contributed by atoms with van der Waals surface area (Å²) in [7, 11) is 0. The molecule has 0 heterocycles. The van der Waals surface area contributed by atoms with Crippen molar-refractivity contribution < 1.29 is 39.3 Å². The predicted octanol–water partition coefficient (Wildman–Crippen LogP) is -4.12. The number of carbonyl (C=O) groups is 5. The molecule has 14 heteroatoms. The van der Waals surface area contributed by atoms with E-state index < -0.39 is 47.8 Å². The van der Waals surface area contributed by atoms with Crippen LogP contribution in [0.5, 0.6) is 0 Å². The predicted molar refractivity (Wildman–Crippen MR) is 88.3 cm³/mol. The van der Waals surface area contributed by atoms with Crippen LogP contribution in [-0.2, 0) is 24.0 Å². The molecule has 0 unspecified atom stereocenters. The van der Waals surface area contributed by atoms with Crippen molar-refractivity contribution in [2.24, 2.45) is 28.7 Å². The highest BCUT2D eigenvalue weighted by atomic mass is 32.1. The first-order chi connectivity index (χ1) is 11.3. The quantitative estimate of drug-likeness (QED) is 0.181. The molecule has 0 fully saturated rings. The topological polar surface area (TPSA) is 276 Å². The minimum atomic E-state index is -1.21. The minimum absolute atomic E-state index is 0.190. The summed E-state index contributed by atoms with van der Waals surface area (Å²) in [5, 5.41) is 24.2. The van der Waals surface area contributed by atoms with Gasteiger partial charge in [-0.3, -0.25) is 24.0 Å². The van der Waals surface area contributed by atoms with Crippen LogP contribution in [-0.4, -0.2) is 68.9 Å². The van der Waals surface area contributed by atoms with Crippen LogP contribution in [0.15, 0.2) is 0 Å². The molecular formula is C11H23N5O8S. The van der Waals surface area contributed by atoms with Crippen LogP contribution in [0, 0.1) is 0 Å². The molecule has 0 aromatic rings. The van der Waals surface area contributed by atoms with Gasteiger partial charge in [-0.05, 0) is 0 Å². The van der Waals surface area contributed by atoms with E-state index in [1.807, 2.05) is 0 Å². The fourth-order valence-electron chi connectivity index (χ4n) is 0.686. The molecule has 0 rings (SSSR count). The Kier molecular flexibility index (Phi) is 16.6. The highest BCUT2D eigenvalue weighted by molar-refractivity contribution is 7.80. The second kappa shape index (κ2) is 15.1. The maximum absolute atomic E-state index is 9.99. The van der Waals surface area contributed by atoms with E-state index in [9.17, 15) is 24.0 Å². The van der Waals surface area contributed by atoms with Crippen LogP contribution >= 0.6 is 12.6 Å². The Balaban J connectivity index is -0.000000293. The monoisotopic (exact) mass is 385 g/mol. The first-order valence-corrected chi connectivity index (χ1v) is 7.02. The number of nitrogens with two attached hydrogens (primary N) is 5. The van der Waals surface area contributed by atoms with Gasteiger partial charge in [0.25, 0.3) is 0 Å². The van der Waals surface area contributed by atoms with Gasteiger partial charge in [0.15, 0.2) is 0 Å². The molecule has 13 nitrogen and oxygen atoms in total. The van der Waals surface area contributed by atoms with Crippen molar-refractivity contribution in [3.63, 3.8) is 0 Å². The molecule has 0 bridgehead atoms. The molecule has 3 atom stereocenters. The Morgan fingerprint density at radius 1 is 0.680 bits per heavy atom. The lowest BCUT2D eigenvalue weighted by molar-refractivity contribution is -0.140. The van der Waals surface area contributed by atoms with Gasteiger partial charge in [-0.15, -0.1) is 0 Å². The van der Waals surface area contributed by atoms with Gasteiger partial charge in [-0.1, -0.05) is 0 Å². The Labute approximate surface area is 147 Å². The van der Waals surface area contributed by atoms with Gasteiger partial charge in [-0.2, -0.15) is 12.6 Å². The molecule has 2 amide bonds. The highest BCUT2D eigenvalue weighted by Crippen LogP contribution is 1.85. The summed E-state index contributed by atoms with van der Waals surface area (Å²) in [6, 6.07) is -3.15. The molecule has 0 aliphatic heterocycles. The SMILES string of the molecule is NC(=O)C[C@H](N)C(=O)O.NC(=O)C[C@H](N)C(=O)O.N[C@@H](CS)C(=O)O. The molecule has 25 heavy (non-hydrogen) atoms. The molecule has 0 aromatic heterocycles. The smallest absolute Gasteiger partial charge is 0.321 e. The largest absolute Gasteiger partial charge is 0.480 e. The molecule has 0 radical (unpaired) electrons. The molecule has 13 N–H and O–H groups in total. The van der Waals surface area contributed by atoms with Crippen LogP contribution in [0.4, 0.5) is 0 Å². The standard InChI is InChI=1S/2C4H8N2O3.C3H7NO2S/c2*5-2(4(8)9)1-3(6)7;4-2(1-7)3(5)6/h2*2H,1,5H2,(H2,6,7)(H,8,9);2,7H,1,4H2,(H,5,6)/t3*2-/m000/s1. The van der Waals surface area contributed by atoms with Crippen molar-refractivity contribution in [1.82, 2.24) is 0 Å². The summed E-state index contributed by atoms with van der Waals surface area (Å²) in [5.74, 6) is -4.65. The third kappa shape index (κ3) is 21.6. The Morgan fingerprint density at radius 3 is 0.960 bits per heavy atom. The number of primary amides is 2.